The number of carbonyl (C=O) groups is 1. The van der Waals surface area contributed by atoms with Crippen LogP contribution in [0.3, 0.4) is 0 Å². The zero-order valence-corrected chi connectivity index (χ0v) is 11.9. The van der Waals surface area contributed by atoms with E-state index in [0.717, 1.165) is 11.1 Å². The lowest BCUT2D eigenvalue weighted by Gasteiger charge is -2.39. The number of rotatable bonds is 1. The largest absolute Gasteiger partial charge is 0.329 e. The Morgan fingerprint density at radius 1 is 1.37 bits per heavy atom. The fourth-order valence-corrected chi connectivity index (χ4v) is 2.89. The van der Waals surface area contributed by atoms with Crippen LogP contribution in [0.5, 0.6) is 0 Å². The van der Waals surface area contributed by atoms with Crippen molar-refractivity contribution in [1.29, 1.82) is 0 Å². The summed E-state index contributed by atoms with van der Waals surface area (Å²) in [6, 6.07) is 4.25. The molecule has 0 saturated carbocycles. The second-order valence-corrected chi connectivity index (χ2v) is 6.25. The van der Waals surface area contributed by atoms with Crippen molar-refractivity contribution in [3.8, 4) is 0 Å². The molecule has 1 heterocycles. The standard InChI is InChI=1S/C15H21FN2O/c1-9-7-10(16)5-6-11(9)14-12(17)8-13(19)18(14)15(2,3)4/h5-7,12,14H,8,17H2,1-4H3. The molecule has 1 saturated heterocycles. The quantitative estimate of drug-likeness (QED) is 0.847. The predicted octanol–water partition coefficient (Wildman–Crippen LogP) is 2.53. The molecule has 104 valence electrons. The molecular formula is C15H21FN2O. The molecule has 0 bridgehead atoms. The van der Waals surface area contributed by atoms with Gasteiger partial charge < -0.3 is 10.6 Å². The summed E-state index contributed by atoms with van der Waals surface area (Å²) in [7, 11) is 0. The third-order valence-electron chi connectivity index (χ3n) is 3.64. The lowest BCUT2D eigenvalue weighted by Crippen LogP contribution is -2.45. The first-order valence-corrected chi connectivity index (χ1v) is 6.55. The second-order valence-electron chi connectivity index (χ2n) is 6.25. The molecule has 1 aliphatic heterocycles. The number of carbonyl (C=O) groups excluding carboxylic acids is 1. The molecular weight excluding hydrogens is 243 g/mol. The Balaban J connectivity index is 2.48. The number of hydrogen-bond acceptors (Lipinski definition) is 2. The zero-order chi connectivity index (χ0) is 14.4. The maximum absolute atomic E-state index is 13.2. The van der Waals surface area contributed by atoms with Crippen LogP contribution in [0.25, 0.3) is 0 Å². The van der Waals surface area contributed by atoms with Crippen LogP contribution in [0.1, 0.15) is 44.4 Å². The lowest BCUT2D eigenvalue weighted by molar-refractivity contribution is -0.133. The molecule has 0 spiro atoms. The Morgan fingerprint density at radius 3 is 2.53 bits per heavy atom. The normalized spacial score (nSPS) is 24.1. The van der Waals surface area contributed by atoms with E-state index in [-0.39, 0.29) is 29.3 Å². The van der Waals surface area contributed by atoms with Crippen LogP contribution in [0.4, 0.5) is 4.39 Å². The summed E-state index contributed by atoms with van der Waals surface area (Å²) >= 11 is 0. The highest BCUT2D eigenvalue weighted by Gasteiger charge is 2.44. The van der Waals surface area contributed by atoms with E-state index < -0.39 is 0 Å². The Kier molecular flexibility index (Phi) is 3.39. The number of hydrogen-bond donors (Lipinski definition) is 1. The van der Waals surface area contributed by atoms with Crippen LogP contribution < -0.4 is 5.73 Å². The fourth-order valence-electron chi connectivity index (χ4n) is 2.89. The second kappa shape index (κ2) is 4.60. The summed E-state index contributed by atoms with van der Waals surface area (Å²) in [5.74, 6) is -0.199. The molecule has 1 fully saturated rings. The van der Waals surface area contributed by atoms with Crippen molar-refractivity contribution in [1.82, 2.24) is 4.90 Å². The summed E-state index contributed by atoms with van der Waals surface area (Å²) in [4.78, 5) is 14.0. The summed E-state index contributed by atoms with van der Waals surface area (Å²) < 4.78 is 13.2. The van der Waals surface area contributed by atoms with Gasteiger partial charge in [0.05, 0.1) is 6.04 Å². The topological polar surface area (TPSA) is 46.3 Å². The first-order valence-electron chi connectivity index (χ1n) is 6.55. The van der Waals surface area contributed by atoms with Crippen molar-refractivity contribution >= 4 is 5.91 Å². The van der Waals surface area contributed by atoms with Gasteiger partial charge in [0, 0.05) is 18.0 Å². The van der Waals surface area contributed by atoms with Crippen molar-refractivity contribution in [2.45, 2.75) is 51.7 Å². The van der Waals surface area contributed by atoms with Crippen LogP contribution in [0.2, 0.25) is 0 Å². The van der Waals surface area contributed by atoms with Crippen LogP contribution in [0, 0.1) is 12.7 Å². The van der Waals surface area contributed by atoms with Crippen LogP contribution >= 0.6 is 0 Å². The van der Waals surface area contributed by atoms with E-state index in [2.05, 4.69) is 0 Å². The Bertz CT molecular complexity index is 507. The van der Waals surface area contributed by atoms with Gasteiger partial charge in [-0.15, -0.1) is 0 Å². The molecule has 1 aliphatic rings. The number of benzene rings is 1. The van der Waals surface area contributed by atoms with Gasteiger partial charge in [-0.1, -0.05) is 6.07 Å². The van der Waals surface area contributed by atoms with Crippen LogP contribution in [-0.4, -0.2) is 22.4 Å². The fraction of sp³-hybridized carbons (Fsp3) is 0.533. The maximum atomic E-state index is 13.2. The molecule has 3 nitrogen and oxygen atoms in total. The average molecular weight is 264 g/mol. The van der Waals surface area contributed by atoms with E-state index in [1.54, 1.807) is 6.07 Å². The minimum atomic E-state index is -0.295. The highest BCUT2D eigenvalue weighted by Crippen LogP contribution is 2.38. The smallest absolute Gasteiger partial charge is 0.225 e. The van der Waals surface area contributed by atoms with E-state index in [9.17, 15) is 9.18 Å². The van der Waals surface area contributed by atoms with Gasteiger partial charge in [0.25, 0.3) is 0 Å². The van der Waals surface area contributed by atoms with Gasteiger partial charge in [-0.05, 0) is 51.0 Å². The van der Waals surface area contributed by atoms with E-state index in [1.807, 2.05) is 32.6 Å². The van der Waals surface area contributed by atoms with Gasteiger partial charge >= 0.3 is 0 Å². The molecule has 0 radical (unpaired) electrons. The van der Waals surface area contributed by atoms with Gasteiger partial charge in [0.2, 0.25) is 5.91 Å². The lowest BCUT2D eigenvalue weighted by atomic mass is 9.93. The minimum Gasteiger partial charge on any atom is -0.329 e. The molecule has 19 heavy (non-hydrogen) atoms. The molecule has 0 aliphatic carbocycles. The highest BCUT2D eigenvalue weighted by atomic mass is 19.1. The van der Waals surface area contributed by atoms with E-state index in [1.165, 1.54) is 12.1 Å². The van der Waals surface area contributed by atoms with Crippen molar-refractivity contribution in [2.24, 2.45) is 5.73 Å². The van der Waals surface area contributed by atoms with Crippen LogP contribution in [0.15, 0.2) is 18.2 Å². The summed E-state index contributed by atoms with van der Waals surface area (Å²) in [6.07, 6.45) is 0.346. The molecule has 2 unspecified atom stereocenters. The number of likely N-dealkylation sites (tertiary alicyclic amines) is 1. The van der Waals surface area contributed by atoms with Gasteiger partial charge in [-0.3, -0.25) is 4.79 Å². The van der Waals surface area contributed by atoms with Gasteiger partial charge in [0.15, 0.2) is 0 Å². The molecule has 1 aromatic rings. The molecule has 2 N–H and O–H groups in total. The minimum absolute atomic E-state index is 0.0636. The number of aryl methyl sites for hydroxylation is 1. The molecule has 2 rings (SSSR count). The Morgan fingerprint density at radius 2 is 2.00 bits per heavy atom. The number of amides is 1. The SMILES string of the molecule is Cc1cc(F)ccc1C1C(N)CC(=O)N1C(C)(C)C. The number of nitrogens with zero attached hydrogens (tertiary/aromatic N) is 1. The van der Waals surface area contributed by atoms with Crippen LogP contribution in [-0.2, 0) is 4.79 Å². The maximum Gasteiger partial charge on any atom is 0.225 e. The van der Waals surface area contributed by atoms with E-state index >= 15 is 0 Å². The predicted molar refractivity (Wildman–Crippen MR) is 73.1 cm³/mol. The number of nitrogens with two attached hydrogens (primary N) is 1. The monoisotopic (exact) mass is 264 g/mol. The Hall–Kier alpha value is -1.42. The van der Waals surface area contributed by atoms with E-state index in [4.69, 9.17) is 5.73 Å². The molecule has 1 aromatic carbocycles. The van der Waals surface area contributed by atoms with Gasteiger partial charge in [0.1, 0.15) is 5.82 Å². The third-order valence-corrected chi connectivity index (χ3v) is 3.64. The first-order chi connectivity index (χ1) is 8.71. The summed E-state index contributed by atoms with van der Waals surface area (Å²) in [5.41, 5.74) is 7.62. The van der Waals surface area contributed by atoms with Crippen molar-refractivity contribution < 1.29 is 9.18 Å². The zero-order valence-electron chi connectivity index (χ0n) is 11.9. The Labute approximate surface area is 113 Å². The first kappa shape index (κ1) is 14.0. The number of halogens is 1. The van der Waals surface area contributed by atoms with Crippen molar-refractivity contribution in [3.05, 3.63) is 35.1 Å². The van der Waals surface area contributed by atoms with Gasteiger partial charge in [-0.25, -0.2) is 4.39 Å². The molecule has 1 amide bonds. The van der Waals surface area contributed by atoms with Crippen molar-refractivity contribution in [2.75, 3.05) is 0 Å². The molecule has 0 aromatic heterocycles. The molecule has 2 atom stereocenters. The third kappa shape index (κ3) is 2.50. The van der Waals surface area contributed by atoms with Crippen molar-refractivity contribution in [3.63, 3.8) is 0 Å². The van der Waals surface area contributed by atoms with E-state index in [0.29, 0.717) is 6.42 Å². The highest BCUT2D eigenvalue weighted by molar-refractivity contribution is 5.81. The average Bonchev–Trinajstić information content (AvgIpc) is 2.53. The summed E-state index contributed by atoms with van der Waals surface area (Å²) in [6.45, 7) is 7.84. The summed E-state index contributed by atoms with van der Waals surface area (Å²) in [5, 5.41) is 0. The molecule has 4 heteroatoms. The van der Waals surface area contributed by atoms with Gasteiger partial charge in [-0.2, -0.15) is 0 Å².